The molecule has 2 heteroatoms. The van der Waals surface area contributed by atoms with Gasteiger partial charge in [-0.15, -0.1) is 0 Å². The predicted molar refractivity (Wildman–Crippen MR) is 101 cm³/mol. The summed E-state index contributed by atoms with van der Waals surface area (Å²) in [5.74, 6) is 0.684. The number of nitriles is 2. The number of nitrogens with zero attached hydrogens (tertiary/aromatic N) is 2. The number of hydrogen-bond donors (Lipinski definition) is 0. The molecule has 0 aliphatic heterocycles. The minimum absolute atomic E-state index is 0.0256. The molecule has 0 saturated heterocycles. The summed E-state index contributed by atoms with van der Waals surface area (Å²) in [7, 11) is 0. The molecule has 0 spiro atoms. The van der Waals surface area contributed by atoms with E-state index in [0.717, 1.165) is 24.0 Å². The van der Waals surface area contributed by atoms with Gasteiger partial charge in [-0.05, 0) is 59.1 Å². The second kappa shape index (κ2) is 6.38. The maximum absolute atomic E-state index is 9.61. The molecule has 1 saturated carbocycles. The molecule has 0 N–H and O–H groups in total. The molecule has 0 amide bonds. The van der Waals surface area contributed by atoms with Gasteiger partial charge in [0, 0.05) is 5.41 Å². The minimum Gasteiger partial charge on any atom is -0.192 e. The Hall–Kier alpha value is -2.58. The van der Waals surface area contributed by atoms with Crippen molar-refractivity contribution in [1.29, 1.82) is 10.5 Å². The van der Waals surface area contributed by atoms with Gasteiger partial charge in [-0.1, -0.05) is 52.0 Å². The summed E-state index contributed by atoms with van der Waals surface area (Å²) in [6.07, 6.45) is 2.15. The van der Waals surface area contributed by atoms with E-state index in [1.165, 1.54) is 11.1 Å². The van der Waals surface area contributed by atoms with Crippen LogP contribution in [-0.4, -0.2) is 0 Å². The zero-order valence-corrected chi connectivity index (χ0v) is 15.4. The van der Waals surface area contributed by atoms with Crippen LogP contribution < -0.4 is 0 Å². The van der Waals surface area contributed by atoms with E-state index < -0.39 is 0 Å². The van der Waals surface area contributed by atoms with Gasteiger partial charge in [-0.3, -0.25) is 0 Å². The molecule has 0 radical (unpaired) electrons. The Morgan fingerprint density at radius 2 is 1.32 bits per heavy atom. The highest BCUT2D eigenvalue weighted by molar-refractivity contribution is 5.57. The van der Waals surface area contributed by atoms with Crippen molar-refractivity contribution in [2.45, 2.75) is 57.8 Å². The predicted octanol–water partition coefficient (Wildman–Crippen LogP) is 5.76. The van der Waals surface area contributed by atoms with E-state index in [0.29, 0.717) is 17.0 Å². The van der Waals surface area contributed by atoms with Crippen LogP contribution in [0, 0.1) is 22.7 Å². The summed E-state index contributed by atoms with van der Waals surface area (Å²) in [6.45, 7) is 8.47. The van der Waals surface area contributed by atoms with Crippen LogP contribution in [0.2, 0.25) is 0 Å². The van der Waals surface area contributed by atoms with Crippen LogP contribution in [0.1, 0.15) is 85.8 Å². The van der Waals surface area contributed by atoms with Crippen LogP contribution in [0.4, 0.5) is 0 Å². The van der Waals surface area contributed by atoms with Gasteiger partial charge in [0.15, 0.2) is 0 Å². The Bertz CT molecular complexity index is 835. The summed E-state index contributed by atoms with van der Waals surface area (Å²) in [5, 5.41) is 19.2. The van der Waals surface area contributed by atoms with Gasteiger partial charge in [0.05, 0.1) is 23.3 Å². The fourth-order valence-electron chi connectivity index (χ4n) is 3.79. The summed E-state index contributed by atoms with van der Waals surface area (Å²) < 4.78 is 0. The monoisotopic (exact) mass is 328 g/mol. The number of benzene rings is 2. The van der Waals surface area contributed by atoms with Crippen molar-refractivity contribution in [1.82, 2.24) is 0 Å². The maximum atomic E-state index is 9.61. The third-order valence-electron chi connectivity index (χ3n) is 5.43. The molecule has 25 heavy (non-hydrogen) atoms. The van der Waals surface area contributed by atoms with Crippen molar-refractivity contribution in [2.75, 3.05) is 0 Å². The normalized spacial score (nSPS) is 15.0. The highest BCUT2D eigenvalue weighted by Gasteiger charge is 2.46. The average molecular weight is 328 g/mol. The first-order chi connectivity index (χ1) is 11.9. The molecule has 0 bridgehead atoms. The first-order valence-corrected chi connectivity index (χ1v) is 9.02. The minimum atomic E-state index is -0.0256. The van der Waals surface area contributed by atoms with Gasteiger partial charge in [-0.25, -0.2) is 0 Å². The molecule has 1 aliphatic rings. The van der Waals surface area contributed by atoms with Gasteiger partial charge in [0.1, 0.15) is 0 Å². The van der Waals surface area contributed by atoms with Crippen LogP contribution in [0.15, 0.2) is 36.4 Å². The lowest BCUT2D eigenvalue weighted by Crippen LogP contribution is -2.11. The topological polar surface area (TPSA) is 47.6 Å². The second-order valence-electron chi connectivity index (χ2n) is 7.72. The summed E-state index contributed by atoms with van der Waals surface area (Å²) in [4.78, 5) is 0. The van der Waals surface area contributed by atoms with Crippen molar-refractivity contribution < 1.29 is 0 Å². The number of rotatable bonds is 4. The SMILES string of the molecule is CC(C)c1ccc(C2(c3cc(C#N)c(C(C)C)c(C#N)c3)CC2)cc1. The zero-order valence-electron chi connectivity index (χ0n) is 15.4. The third kappa shape index (κ3) is 2.94. The molecular weight excluding hydrogens is 304 g/mol. The average Bonchev–Trinajstić information content (AvgIpc) is 3.42. The Labute approximate surface area is 150 Å². The maximum Gasteiger partial charge on any atom is 0.0995 e. The Kier molecular flexibility index (Phi) is 4.40. The highest BCUT2D eigenvalue weighted by atomic mass is 14.5. The molecule has 3 rings (SSSR count). The van der Waals surface area contributed by atoms with E-state index in [1.807, 2.05) is 26.0 Å². The molecule has 2 aromatic carbocycles. The van der Waals surface area contributed by atoms with E-state index in [9.17, 15) is 10.5 Å². The van der Waals surface area contributed by atoms with E-state index in [-0.39, 0.29) is 11.3 Å². The van der Waals surface area contributed by atoms with Gasteiger partial charge < -0.3 is 0 Å². The summed E-state index contributed by atoms with van der Waals surface area (Å²) >= 11 is 0. The van der Waals surface area contributed by atoms with Gasteiger partial charge in [0.2, 0.25) is 0 Å². The molecule has 0 atom stereocenters. The zero-order chi connectivity index (χ0) is 18.2. The molecule has 1 fully saturated rings. The fraction of sp³-hybridized carbons (Fsp3) is 0.391. The van der Waals surface area contributed by atoms with Crippen LogP contribution in [0.3, 0.4) is 0 Å². The van der Waals surface area contributed by atoms with Crippen molar-refractivity contribution in [3.8, 4) is 12.1 Å². The molecule has 2 aromatic rings. The Morgan fingerprint density at radius 1 is 0.800 bits per heavy atom. The molecule has 1 aliphatic carbocycles. The number of hydrogen-bond acceptors (Lipinski definition) is 2. The lowest BCUT2D eigenvalue weighted by molar-refractivity contribution is 0.820. The van der Waals surface area contributed by atoms with Gasteiger partial charge in [-0.2, -0.15) is 10.5 Å². The van der Waals surface area contributed by atoms with E-state index >= 15 is 0 Å². The largest absolute Gasteiger partial charge is 0.192 e. The van der Waals surface area contributed by atoms with Crippen molar-refractivity contribution in [3.05, 3.63) is 69.8 Å². The molecule has 0 heterocycles. The van der Waals surface area contributed by atoms with Crippen molar-refractivity contribution in [2.24, 2.45) is 0 Å². The van der Waals surface area contributed by atoms with Crippen LogP contribution >= 0.6 is 0 Å². The van der Waals surface area contributed by atoms with Crippen LogP contribution in [0.5, 0.6) is 0 Å². The lowest BCUT2D eigenvalue weighted by atomic mass is 9.82. The van der Waals surface area contributed by atoms with E-state index in [1.54, 1.807) is 0 Å². The first kappa shape index (κ1) is 17.2. The molecule has 2 nitrogen and oxygen atoms in total. The second-order valence-corrected chi connectivity index (χ2v) is 7.72. The van der Waals surface area contributed by atoms with Crippen molar-refractivity contribution in [3.63, 3.8) is 0 Å². The first-order valence-electron chi connectivity index (χ1n) is 9.02. The van der Waals surface area contributed by atoms with E-state index in [4.69, 9.17) is 0 Å². The third-order valence-corrected chi connectivity index (χ3v) is 5.43. The van der Waals surface area contributed by atoms with Crippen molar-refractivity contribution >= 4 is 0 Å². The molecule has 0 unspecified atom stereocenters. The molecule has 0 aromatic heterocycles. The highest BCUT2D eigenvalue weighted by Crippen LogP contribution is 2.54. The molecular formula is C23H24N2. The smallest absolute Gasteiger partial charge is 0.0995 e. The summed E-state index contributed by atoms with van der Waals surface area (Å²) in [5.41, 5.74) is 5.89. The Morgan fingerprint density at radius 3 is 1.68 bits per heavy atom. The quantitative estimate of drug-likeness (QED) is 0.716. The van der Waals surface area contributed by atoms with Gasteiger partial charge in [0.25, 0.3) is 0 Å². The van der Waals surface area contributed by atoms with Crippen LogP contribution in [0.25, 0.3) is 0 Å². The van der Waals surface area contributed by atoms with Crippen LogP contribution in [-0.2, 0) is 5.41 Å². The standard InChI is InChI=1S/C23H24N2/c1-15(2)17-5-7-20(8-6-17)23(9-10-23)21-11-18(13-24)22(16(3)4)19(12-21)14-25/h5-8,11-12,15-16H,9-10H2,1-4H3. The Balaban J connectivity index is 2.10. The fourth-order valence-corrected chi connectivity index (χ4v) is 3.79. The molecule has 126 valence electrons. The van der Waals surface area contributed by atoms with Gasteiger partial charge >= 0.3 is 0 Å². The van der Waals surface area contributed by atoms with E-state index in [2.05, 4.69) is 50.3 Å². The summed E-state index contributed by atoms with van der Waals surface area (Å²) in [6, 6.07) is 17.5. The lowest BCUT2D eigenvalue weighted by Gasteiger charge is -2.20.